The Hall–Kier alpha value is -4.78. The van der Waals surface area contributed by atoms with Crippen LogP contribution in [-0.2, 0) is 21.0 Å². The molecule has 16 heteroatoms. The van der Waals surface area contributed by atoms with Crippen LogP contribution in [0.25, 0.3) is 0 Å². The molecule has 490 valence electrons. The summed E-state index contributed by atoms with van der Waals surface area (Å²) in [5, 5.41) is 16.1. The van der Waals surface area contributed by atoms with Crippen molar-refractivity contribution >= 4 is 75.7 Å². The Kier molecular flexibility index (Phi) is 31.6. The smallest absolute Gasteiger partial charge is 0.410 e. The molecule has 2 saturated heterocycles. The minimum atomic E-state index is -0.440. The number of carbonyl (C=O) groups excluding carboxylic acids is 1. The van der Waals surface area contributed by atoms with Crippen LogP contribution in [-0.4, -0.2) is 68.4 Å². The van der Waals surface area contributed by atoms with Crippen LogP contribution in [0.5, 0.6) is 5.75 Å². The second kappa shape index (κ2) is 35.9. The molecule has 1 amide bonds. The fourth-order valence-electron chi connectivity index (χ4n) is 8.72. The summed E-state index contributed by atoms with van der Waals surface area (Å²) in [7, 11) is 0. The van der Waals surface area contributed by atoms with Gasteiger partial charge in [-0.1, -0.05) is 223 Å². The Morgan fingerprint density at radius 3 is 1.26 bits per heavy atom. The monoisotopic (exact) mass is 1340 g/mol. The fourth-order valence-corrected chi connectivity index (χ4v) is 10.3. The Morgan fingerprint density at radius 2 is 0.921 bits per heavy atom. The first-order valence-electron chi connectivity index (χ1n) is 30.8. The van der Waals surface area contributed by atoms with E-state index in [1.54, 1.807) is 35.2 Å². The summed E-state index contributed by atoms with van der Waals surface area (Å²) < 4.78 is 27.3. The van der Waals surface area contributed by atoms with Crippen molar-refractivity contribution in [1.29, 1.82) is 0 Å². The number of hydrogen-bond donors (Lipinski definition) is 1. The van der Waals surface area contributed by atoms with Gasteiger partial charge in [0.2, 0.25) is 0 Å². The molecule has 89 heavy (non-hydrogen) atoms. The first-order valence-corrected chi connectivity index (χ1v) is 33.0. The summed E-state index contributed by atoms with van der Waals surface area (Å²) in [6.45, 7) is 47.9. The van der Waals surface area contributed by atoms with Crippen molar-refractivity contribution in [1.82, 2.24) is 29.8 Å². The predicted octanol–water partition coefficient (Wildman–Crippen LogP) is 22.9. The largest absolute Gasteiger partial charge is 0.491 e. The van der Waals surface area contributed by atoms with E-state index in [-0.39, 0.29) is 34.9 Å². The van der Waals surface area contributed by atoms with Gasteiger partial charge in [-0.25, -0.2) is 9.18 Å². The van der Waals surface area contributed by atoms with Gasteiger partial charge in [-0.05, 0) is 165 Å². The van der Waals surface area contributed by atoms with E-state index in [9.17, 15) is 9.18 Å². The lowest BCUT2D eigenvalue weighted by Crippen LogP contribution is -2.53. The molecule has 4 heterocycles. The van der Waals surface area contributed by atoms with Gasteiger partial charge in [-0.3, -0.25) is 9.36 Å². The van der Waals surface area contributed by atoms with Gasteiger partial charge in [0.15, 0.2) is 0 Å². The van der Waals surface area contributed by atoms with Crippen molar-refractivity contribution in [2.24, 2.45) is 5.92 Å². The van der Waals surface area contributed by atoms with Crippen LogP contribution in [0.1, 0.15) is 209 Å². The van der Waals surface area contributed by atoms with Crippen molar-refractivity contribution in [2.45, 2.75) is 203 Å². The van der Waals surface area contributed by atoms with Gasteiger partial charge < -0.3 is 19.7 Å². The second-order valence-corrected chi connectivity index (χ2v) is 30.5. The van der Waals surface area contributed by atoms with Crippen LogP contribution in [0, 0.1) is 11.7 Å². The van der Waals surface area contributed by atoms with Gasteiger partial charge in [0.1, 0.15) is 17.2 Å². The molecule has 0 radical (unpaired) electrons. The van der Waals surface area contributed by atoms with Crippen LogP contribution in [0.15, 0.2) is 134 Å². The van der Waals surface area contributed by atoms with Crippen molar-refractivity contribution in [3.63, 3.8) is 0 Å². The molecule has 2 fully saturated rings. The third-order valence-corrected chi connectivity index (χ3v) is 15.5. The maximum absolute atomic E-state index is 12.4. The van der Waals surface area contributed by atoms with Crippen molar-refractivity contribution in [3.05, 3.63) is 203 Å². The zero-order valence-corrected chi connectivity index (χ0v) is 61.2. The molecule has 2 aliphatic heterocycles. The Morgan fingerprint density at radius 1 is 0.517 bits per heavy atom. The molecule has 1 N–H and O–H groups in total. The Bertz CT molecular complexity index is 3140. The third kappa shape index (κ3) is 28.7. The van der Waals surface area contributed by atoms with Gasteiger partial charge in [0.05, 0.1) is 18.2 Å². The van der Waals surface area contributed by atoms with E-state index in [4.69, 9.17) is 79.1 Å². The molecule has 9 rings (SSSR count). The van der Waals surface area contributed by atoms with Crippen LogP contribution in [0.2, 0.25) is 30.1 Å². The molecule has 9 nitrogen and oxygen atoms in total. The molecule has 0 bridgehead atoms. The molecule has 0 saturated carbocycles. The molecular weight excluding hydrogens is 1240 g/mol. The van der Waals surface area contributed by atoms with Crippen molar-refractivity contribution < 1.29 is 18.7 Å². The highest BCUT2D eigenvalue weighted by Crippen LogP contribution is 2.32. The van der Waals surface area contributed by atoms with E-state index >= 15 is 0 Å². The predicted molar refractivity (Wildman–Crippen MR) is 379 cm³/mol. The van der Waals surface area contributed by atoms with Crippen LogP contribution < -0.4 is 10.1 Å². The van der Waals surface area contributed by atoms with Gasteiger partial charge in [0.25, 0.3) is 0 Å². The summed E-state index contributed by atoms with van der Waals surface area (Å²) in [5.74, 6) is 2.62. The molecule has 2 aliphatic rings. The molecule has 2 aromatic heterocycles. The number of ether oxygens (including phenoxy) is 2. The van der Waals surface area contributed by atoms with E-state index in [0.29, 0.717) is 74.1 Å². The number of nitrogens with one attached hydrogen (secondary N) is 1. The quantitative estimate of drug-likeness (QED) is 0.163. The molecule has 5 aromatic carbocycles. The Labute approximate surface area is 564 Å². The Balaban J connectivity index is 0.000000275. The van der Waals surface area contributed by atoms with Crippen LogP contribution in [0.3, 0.4) is 0 Å². The highest BCUT2D eigenvalue weighted by molar-refractivity contribution is 6.35. The van der Waals surface area contributed by atoms with E-state index in [1.165, 1.54) is 45.8 Å². The van der Waals surface area contributed by atoms with E-state index < -0.39 is 5.60 Å². The second-order valence-electron chi connectivity index (χ2n) is 27.9. The van der Waals surface area contributed by atoms with E-state index in [2.05, 4.69) is 173 Å². The zero-order valence-electron chi connectivity index (χ0n) is 56.7. The van der Waals surface area contributed by atoms with Crippen molar-refractivity contribution in [3.8, 4) is 5.75 Å². The first-order chi connectivity index (χ1) is 41.1. The lowest BCUT2D eigenvalue weighted by molar-refractivity contribution is -0.00104. The highest BCUT2D eigenvalue weighted by atomic mass is 35.5. The number of carbonyl (C=O) groups is 1. The van der Waals surface area contributed by atoms with Crippen LogP contribution >= 0.6 is 69.6 Å². The summed E-state index contributed by atoms with van der Waals surface area (Å²) in [5.41, 5.74) is 7.62. The van der Waals surface area contributed by atoms with Gasteiger partial charge in [-0.2, -0.15) is 10.2 Å². The zero-order chi connectivity index (χ0) is 67.4. The number of likely N-dealkylation sites (tertiary alicyclic amines) is 1. The molecular formula is C73H101Cl6FN6O3. The SMILES string of the molecule is CC(C)(C)OC(=O)N1CC(n2nccc2C(C)(C)C)C1.CC(C)(C)c1ccccc1.CC(C)(C)c1ccnn1C1CNC1.CC(C)Oc1cc(Cl)cc(Cl)c1.CC(C)[C@H](C)c1cc(Cl)cc(Cl)c1.CC(C)c1cc(Cl)cc(Cl)c1.CC(C)c1ccc(F)cc1. The number of benzene rings is 5. The molecule has 0 unspecified atom stereocenters. The summed E-state index contributed by atoms with van der Waals surface area (Å²) >= 11 is 35.0. The lowest BCUT2D eigenvalue weighted by Gasteiger charge is -2.41. The minimum absolute atomic E-state index is 0.0584. The van der Waals surface area contributed by atoms with E-state index in [1.807, 2.05) is 88.1 Å². The number of amides is 1. The minimum Gasteiger partial charge on any atom is -0.491 e. The first kappa shape index (κ1) is 78.5. The average Bonchev–Trinajstić information content (AvgIpc) is 1.79. The highest BCUT2D eigenvalue weighted by Gasteiger charge is 2.37. The topological polar surface area (TPSA) is 86.4 Å². The summed E-state index contributed by atoms with van der Waals surface area (Å²) in [6, 6.07) is 38.7. The van der Waals surface area contributed by atoms with Crippen molar-refractivity contribution in [2.75, 3.05) is 26.2 Å². The number of nitrogens with zero attached hydrogens (tertiary/aromatic N) is 5. The van der Waals surface area contributed by atoms with Crippen LogP contribution in [0.4, 0.5) is 9.18 Å². The van der Waals surface area contributed by atoms with Gasteiger partial charge >= 0.3 is 6.09 Å². The fraction of sp³-hybridized carbons (Fsp3) is 0.493. The summed E-state index contributed by atoms with van der Waals surface area (Å²) in [4.78, 5) is 13.6. The lowest BCUT2D eigenvalue weighted by atomic mass is 9.87. The average molecular weight is 1340 g/mol. The molecule has 7 aromatic rings. The maximum Gasteiger partial charge on any atom is 0.410 e. The molecule has 1 atom stereocenters. The third-order valence-electron chi connectivity index (χ3n) is 14.2. The maximum atomic E-state index is 12.4. The van der Waals surface area contributed by atoms with Gasteiger partial charge in [-0.15, -0.1) is 0 Å². The van der Waals surface area contributed by atoms with Gasteiger partial charge in [0, 0.05) is 90.9 Å². The molecule has 0 aliphatic carbocycles. The molecule has 0 spiro atoms. The number of halogens is 7. The summed E-state index contributed by atoms with van der Waals surface area (Å²) in [6.07, 6.45) is 3.63. The normalized spacial score (nSPS) is 13.7. The number of aromatic nitrogens is 4. The number of rotatable bonds is 8. The number of hydrogen-bond acceptors (Lipinski definition) is 6. The van der Waals surface area contributed by atoms with E-state index in [0.717, 1.165) is 23.1 Å². The standard InChI is InChI=1S/C15H25N3O2.C11H14Cl2.C10H17N3.C10H14.C9H10Cl2O.C9H10Cl2.C9H11F/c1-14(2,3)12-7-8-16-18(12)11-9-17(10-11)13(19)20-15(4,5)6;1-7(2)8(3)9-4-10(12)6-11(13)5-9;1-10(2,3)9-4-5-12-13(9)8-6-11-7-8;1-10(2,3)9-7-5-4-6-8-9;1-6(2)12-9-4-7(10)3-8(11)5-9;1-6(2)7-3-8(10)5-9(11)4-7;1-7(2)8-3-5-9(10)6-4-8/h7-8,11H,9-10H2,1-6H3;4-8H,1-3H3;4-5,8,11H,6-7H2,1-3H3;4-8H,1-3H3;3-6H,1-2H3;3-6H,1-2H3;3-7H,1-2H3/t;8-;;;;;/m.0...../s1.